The van der Waals surface area contributed by atoms with Crippen LogP contribution in [0.15, 0.2) is 29.3 Å². The first-order chi connectivity index (χ1) is 15.2. The Labute approximate surface area is 183 Å². The number of aliphatic imine (C=N–C) groups is 1. The second-order valence-electron chi connectivity index (χ2n) is 8.16. The van der Waals surface area contributed by atoms with Gasteiger partial charge in [0.2, 0.25) is 0 Å². The van der Waals surface area contributed by atoms with Crippen molar-refractivity contribution in [1.82, 2.24) is 25.4 Å². The highest BCUT2D eigenvalue weighted by atomic mass is 16.5. The fourth-order valence-electron chi connectivity index (χ4n) is 4.41. The largest absolute Gasteiger partial charge is 0.495 e. The molecule has 2 unspecified atom stereocenters. The van der Waals surface area contributed by atoms with Gasteiger partial charge in [0.1, 0.15) is 18.2 Å². The molecule has 0 aliphatic carbocycles. The van der Waals surface area contributed by atoms with E-state index >= 15 is 0 Å². The maximum absolute atomic E-state index is 5.53. The van der Waals surface area contributed by atoms with E-state index < -0.39 is 0 Å². The van der Waals surface area contributed by atoms with Crippen molar-refractivity contribution in [2.45, 2.75) is 38.5 Å². The molecule has 3 heterocycles. The molecular formula is C22H33N7O2. The Bertz CT molecular complexity index is 898. The lowest BCUT2D eigenvalue weighted by molar-refractivity contribution is 0.177. The highest BCUT2D eigenvalue weighted by Gasteiger charge is 2.26. The lowest BCUT2D eigenvalue weighted by Gasteiger charge is -2.26. The van der Waals surface area contributed by atoms with Crippen molar-refractivity contribution in [2.24, 2.45) is 10.9 Å². The molecule has 9 heteroatoms. The Morgan fingerprint density at radius 3 is 2.90 bits per heavy atom. The number of guanidine groups is 1. The van der Waals surface area contributed by atoms with Gasteiger partial charge in [0, 0.05) is 46.3 Å². The maximum Gasteiger partial charge on any atom is 0.191 e. The van der Waals surface area contributed by atoms with Crippen molar-refractivity contribution in [2.75, 3.05) is 45.8 Å². The van der Waals surface area contributed by atoms with Crippen LogP contribution in [0.2, 0.25) is 0 Å². The Balaban J connectivity index is 1.26. The molecule has 2 N–H and O–H groups in total. The van der Waals surface area contributed by atoms with Crippen LogP contribution >= 0.6 is 0 Å². The standard InChI is InChI=1S/C22H33N7O2/c1-23-22(25-17-8-9-21-26-20(15-30-2)27-29(21)14-17)24-12-16-10-11-28(13-16)18-6-4-5-7-19(18)31-3/h4-7,16-17H,8-15H2,1-3H3,(H2,23,24,25). The van der Waals surface area contributed by atoms with Crippen LogP contribution in [0.25, 0.3) is 0 Å². The van der Waals surface area contributed by atoms with E-state index in [0.29, 0.717) is 12.5 Å². The van der Waals surface area contributed by atoms with Crippen LogP contribution in [-0.2, 0) is 24.3 Å². The normalized spacial score (nSPS) is 21.1. The number of anilines is 1. The minimum Gasteiger partial charge on any atom is -0.495 e. The van der Waals surface area contributed by atoms with Gasteiger partial charge >= 0.3 is 0 Å². The van der Waals surface area contributed by atoms with E-state index in [9.17, 15) is 0 Å². The zero-order valence-electron chi connectivity index (χ0n) is 18.7. The van der Waals surface area contributed by atoms with Crippen LogP contribution in [0.5, 0.6) is 5.75 Å². The predicted molar refractivity (Wildman–Crippen MR) is 121 cm³/mol. The molecule has 0 amide bonds. The summed E-state index contributed by atoms with van der Waals surface area (Å²) in [7, 11) is 5.22. The molecule has 0 bridgehead atoms. The number of hydrogen-bond donors (Lipinski definition) is 2. The average Bonchev–Trinajstić information content (AvgIpc) is 3.43. The molecule has 2 atom stereocenters. The van der Waals surface area contributed by atoms with E-state index in [0.717, 1.165) is 68.8 Å². The first-order valence-electron chi connectivity index (χ1n) is 11.0. The minimum absolute atomic E-state index is 0.282. The maximum atomic E-state index is 5.53. The first kappa shape index (κ1) is 21.4. The van der Waals surface area contributed by atoms with Gasteiger partial charge < -0.3 is 25.0 Å². The molecule has 2 aromatic rings. The number of aromatic nitrogens is 3. The van der Waals surface area contributed by atoms with E-state index in [4.69, 9.17) is 9.47 Å². The zero-order valence-corrected chi connectivity index (χ0v) is 18.7. The molecule has 168 valence electrons. The molecule has 2 aliphatic rings. The van der Waals surface area contributed by atoms with Crippen LogP contribution in [0.3, 0.4) is 0 Å². The van der Waals surface area contributed by atoms with E-state index in [1.54, 1.807) is 14.2 Å². The molecule has 0 radical (unpaired) electrons. The Morgan fingerprint density at radius 2 is 2.10 bits per heavy atom. The van der Waals surface area contributed by atoms with Gasteiger partial charge in [-0.05, 0) is 30.9 Å². The number of para-hydroxylation sites is 2. The quantitative estimate of drug-likeness (QED) is 0.511. The topological polar surface area (TPSA) is 88.8 Å². The minimum atomic E-state index is 0.282. The number of ether oxygens (including phenoxy) is 2. The second kappa shape index (κ2) is 10.00. The molecule has 2 aliphatic heterocycles. The third kappa shape index (κ3) is 5.10. The summed E-state index contributed by atoms with van der Waals surface area (Å²) in [5.74, 6) is 4.14. The van der Waals surface area contributed by atoms with E-state index in [1.807, 2.05) is 23.9 Å². The molecular weight excluding hydrogens is 394 g/mol. The summed E-state index contributed by atoms with van der Waals surface area (Å²) in [6, 6.07) is 8.52. The summed E-state index contributed by atoms with van der Waals surface area (Å²) in [6.07, 6.45) is 3.06. The molecule has 1 saturated heterocycles. The van der Waals surface area contributed by atoms with E-state index in [1.165, 1.54) is 5.69 Å². The van der Waals surface area contributed by atoms with E-state index in [2.05, 4.69) is 42.7 Å². The van der Waals surface area contributed by atoms with Crippen LogP contribution < -0.4 is 20.3 Å². The number of nitrogens with zero attached hydrogens (tertiary/aromatic N) is 5. The number of hydrogen-bond acceptors (Lipinski definition) is 6. The smallest absolute Gasteiger partial charge is 0.191 e. The number of aryl methyl sites for hydroxylation is 1. The lowest BCUT2D eigenvalue weighted by Crippen LogP contribution is -2.48. The van der Waals surface area contributed by atoms with Crippen molar-refractivity contribution in [1.29, 1.82) is 0 Å². The van der Waals surface area contributed by atoms with Crippen LogP contribution in [-0.4, -0.2) is 67.7 Å². The number of benzene rings is 1. The first-order valence-corrected chi connectivity index (χ1v) is 11.0. The van der Waals surface area contributed by atoms with E-state index in [-0.39, 0.29) is 6.04 Å². The van der Waals surface area contributed by atoms with Gasteiger partial charge in [-0.3, -0.25) is 4.99 Å². The molecule has 0 spiro atoms. The Kier molecular flexibility index (Phi) is 6.91. The van der Waals surface area contributed by atoms with Gasteiger partial charge in [0.15, 0.2) is 11.8 Å². The van der Waals surface area contributed by atoms with Crippen LogP contribution in [0.4, 0.5) is 5.69 Å². The van der Waals surface area contributed by atoms with Gasteiger partial charge in [-0.15, -0.1) is 0 Å². The highest BCUT2D eigenvalue weighted by Crippen LogP contribution is 2.31. The molecule has 9 nitrogen and oxygen atoms in total. The second-order valence-corrected chi connectivity index (χ2v) is 8.16. The highest BCUT2D eigenvalue weighted by molar-refractivity contribution is 5.80. The fourth-order valence-corrected chi connectivity index (χ4v) is 4.41. The number of methoxy groups -OCH3 is 2. The van der Waals surface area contributed by atoms with Gasteiger partial charge in [0.25, 0.3) is 0 Å². The summed E-state index contributed by atoms with van der Waals surface area (Å²) in [4.78, 5) is 11.4. The van der Waals surface area contributed by atoms with Gasteiger partial charge in [-0.1, -0.05) is 12.1 Å². The molecule has 31 heavy (non-hydrogen) atoms. The number of rotatable bonds is 7. The van der Waals surface area contributed by atoms with Crippen molar-refractivity contribution >= 4 is 11.6 Å². The molecule has 4 rings (SSSR count). The SMILES string of the molecule is CN=C(NCC1CCN(c2ccccc2OC)C1)NC1CCc2nc(COC)nn2C1. The Morgan fingerprint density at radius 1 is 1.23 bits per heavy atom. The monoisotopic (exact) mass is 427 g/mol. The third-order valence-electron chi connectivity index (χ3n) is 6.01. The number of nitrogens with one attached hydrogen (secondary N) is 2. The summed E-state index contributed by atoms with van der Waals surface area (Å²) in [6.45, 7) is 4.19. The summed E-state index contributed by atoms with van der Waals surface area (Å²) in [5.41, 5.74) is 1.17. The summed E-state index contributed by atoms with van der Waals surface area (Å²) >= 11 is 0. The van der Waals surface area contributed by atoms with Gasteiger partial charge in [-0.2, -0.15) is 5.10 Å². The van der Waals surface area contributed by atoms with Crippen LogP contribution in [0, 0.1) is 5.92 Å². The van der Waals surface area contributed by atoms with Crippen molar-refractivity contribution < 1.29 is 9.47 Å². The summed E-state index contributed by atoms with van der Waals surface area (Å²) < 4.78 is 12.7. The van der Waals surface area contributed by atoms with Crippen molar-refractivity contribution in [3.63, 3.8) is 0 Å². The predicted octanol–water partition coefficient (Wildman–Crippen LogP) is 1.44. The molecule has 1 fully saturated rings. The molecule has 1 aromatic carbocycles. The third-order valence-corrected chi connectivity index (χ3v) is 6.01. The number of fused-ring (bicyclic) bond motifs is 1. The molecule has 0 saturated carbocycles. The average molecular weight is 428 g/mol. The lowest BCUT2D eigenvalue weighted by atomic mass is 10.1. The van der Waals surface area contributed by atoms with Gasteiger partial charge in [0.05, 0.1) is 19.3 Å². The Hall–Kier alpha value is -2.81. The zero-order chi connectivity index (χ0) is 21.6. The summed E-state index contributed by atoms with van der Waals surface area (Å²) in [5, 5.41) is 11.6. The van der Waals surface area contributed by atoms with Crippen molar-refractivity contribution in [3.8, 4) is 5.75 Å². The fraction of sp³-hybridized carbons (Fsp3) is 0.591. The van der Waals surface area contributed by atoms with Gasteiger partial charge in [-0.25, -0.2) is 9.67 Å². The van der Waals surface area contributed by atoms with Crippen LogP contribution in [0.1, 0.15) is 24.5 Å². The molecule has 1 aromatic heterocycles. The van der Waals surface area contributed by atoms with Crippen molar-refractivity contribution in [3.05, 3.63) is 35.9 Å².